The van der Waals surface area contributed by atoms with Crippen LogP contribution in [-0.4, -0.2) is 13.4 Å². The molecule has 2 rings (SSSR count). The standard InChI is InChI=1S/C12H11F2N3O2S/c13-9-3-4-10(14)8(6-9)7-17-20(18,19)11-2-1-5-16-12(11)15/h1-6,17H,7H2,(H2,15,16). The third-order valence-corrected chi connectivity index (χ3v) is 4.00. The molecular weight excluding hydrogens is 288 g/mol. The first kappa shape index (κ1) is 14.4. The Morgan fingerprint density at radius 1 is 1.25 bits per heavy atom. The number of pyridine rings is 1. The number of nitrogens with two attached hydrogens (primary N) is 1. The molecule has 0 aliphatic heterocycles. The smallest absolute Gasteiger partial charge is 0.244 e. The molecule has 0 saturated heterocycles. The van der Waals surface area contributed by atoms with Crippen molar-refractivity contribution in [2.75, 3.05) is 5.73 Å². The van der Waals surface area contributed by atoms with Gasteiger partial charge in [-0.25, -0.2) is 26.9 Å². The number of hydrogen-bond acceptors (Lipinski definition) is 4. The van der Waals surface area contributed by atoms with Gasteiger partial charge in [0.2, 0.25) is 10.0 Å². The van der Waals surface area contributed by atoms with Crippen LogP contribution in [0, 0.1) is 11.6 Å². The van der Waals surface area contributed by atoms with Gasteiger partial charge < -0.3 is 5.73 Å². The summed E-state index contributed by atoms with van der Waals surface area (Å²) in [5.41, 5.74) is 5.36. The minimum absolute atomic E-state index is 0.101. The highest BCUT2D eigenvalue weighted by Crippen LogP contribution is 2.16. The van der Waals surface area contributed by atoms with E-state index in [9.17, 15) is 17.2 Å². The molecule has 0 bridgehead atoms. The third-order valence-electron chi connectivity index (χ3n) is 2.55. The maximum atomic E-state index is 13.4. The van der Waals surface area contributed by atoms with Crippen molar-refractivity contribution < 1.29 is 17.2 Å². The third kappa shape index (κ3) is 3.09. The highest BCUT2D eigenvalue weighted by molar-refractivity contribution is 7.89. The summed E-state index contributed by atoms with van der Waals surface area (Å²) in [7, 11) is -3.95. The Hall–Kier alpha value is -2.06. The lowest BCUT2D eigenvalue weighted by molar-refractivity contribution is 0.567. The first-order valence-electron chi connectivity index (χ1n) is 5.54. The van der Waals surface area contributed by atoms with Crippen LogP contribution in [0.4, 0.5) is 14.6 Å². The van der Waals surface area contributed by atoms with E-state index in [0.717, 1.165) is 18.2 Å². The summed E-state index contributed by atoms with van der Waals surface area (Å²) >= 11 is 0. The number of nitrogens with one attached hydrogen (secondary N) is 1. The molecule has 2 aromatic rings. The molecular formula is C12H11F2N3O2S. The van der Waals surface area contributed by atoms with Crippen LogP contribution in [0.25, 0.3) is 0 Å². The fourth-order valence-electron chi connectivity index (χ4n) is 1.56. The van der Waals surface area contributed by atoms with Crippen LogP contribution in [0.2, 0.25) is 0 Å². The normalized spacial score (nSPS) is 11.5. The van der Waals surface area contributed by atoms with E-state index in [4.69, 9.17) is 5.73 Å². The molecule has 1 aromatic carbocycles. The summed E-state index contributed by atoms with van der Waals surface area (Å²) in [6, 6.07) is 5.48. The highest BCUT2D eigenvalue weighted by atomic mass is 32.2. The topological polar surface area (TPSA) is 85.1 Å². The Morgan fingerprint density at radius 2 is 2.00 bits per heavy atom. The number of nitrogens with zero attached hydrogens (tertiary/aromatic N) is 1. The molecule has 0 radical (unpaired) electrons. The number of rotatable bonds is 4. The van der Waals surface area contributed by atoms with Crippen molar-refractivity contribution in [3.63, 3.8) is 0 Å². The maximum Gasteiger partial charge on any atom is 0.244 e. The summed E-state index contributed by atoms with van der Waals surface area (Å²) in [5.74, 6) is -1.52. The van der Waals surface area contributed by atoms with Crippen LogP contribution in [0.3, 0.4) is 0 Å². The van der Waals surface area contributed by atoms with E-state index < -0.39 is 21.7 Å². The summed E-state index contributed by atoms with van der Waals surface area (Å²) in [6.07, 6.45) is 1.35. The van der Waals surface area contributed by atoms with E-state index in [-0.39, 0.29) is 22.8 Å². The second-order valence-electron chi connectivity index (χ2n) is 3.95. The van der Waals surface area contributed by atoms with E-state index in [0.29, 0.717) is 0 Å². The lowest BCUT2D eigenvalue weighted by Crippen LogP contribution is -2.25. The number of nitrogen functional groups attached to an aromatic ring is 1. The van der Waals surface area contributed by atoms with Gasteiger partial charge in [0.15, 0.2) is 0 Å². The molecule has 0 unspecified atom stereocenters. The summed E-state index contributed by atoms with van der Waals surface area (Å²) in [4.78, 5) is 3.45. The average molecular weight is 299 g/mol. The molecule has 8 heteroatoms. The van der Waals surface area contributed by atoms with Crippen molar-refractivity contribution in [3.05, 3.63) is 53.7 Å². The predicted octanol–water partition coefficient (Wildman–Crippen LogP) is 1.42. The molecule has 20 heavy (non-hydrogen) atoms. The quantitative estimate of drug-likeness (QED) is 0.894. The fourth-order valence-corrected chi connectivity index (χ4v) is 2.65. The maximum absolute atomic E-state index is 13.4. The lowest BCUT2D eigenvalue weighted by Gasteiger charge is -2.09. The molecule has 0 fully saturated rings. The van der Waals surface area contributed by atoms with Gasteiger partial charge in [0.1, 0.15) is 22.3 Å². The Kier molecular flexibility index (Phi) is 3.96. The second kappa shape index (κ2) is 5.51. The molecule has 3 N–H and O–H groups in total. The predicted molar refractivity (Wildman–Crippen MR) is 69.0 cm³/mol. The first-order valence-corrected chi connectivity index (χ1v) is 7.02. The van der Waals surface area contributed by atoms with Crippen molar-refractivity contribution in [2.24, 2.45) is 0 Å². The zero-order valence-corrected chi connectivity index (χ0v) is 11.0. The molecule has 106 valence electrons. The minimum atomic E-state index is -3.95. The van der Waals surface area contributed by atoms with Crippen molar-refractivity contribution in [2.45, 2.75) is 11.4 Å². The summed E-state index contributed by atoms with van der Waals surface area (Å²) < 4.78 is 52.5. The van der Waals surface area contributed by atoms with Gasteiger partial charge in [0, 0.05) is 18.3 Å². The van der Waals surface area contributed by atoms with E-state index >= 15 is 0 Å². The Morgan fingerprint density at radius 3 is 2.70 bits per heavy atom. The minimum Gasteiger partial charge on any atom is -0.383 e. The molecule has 0 saturated carbocycles. The molecule has 0 aliphatic carbocycles. The Bertz CT molecular complexity index is 735. The fraction of sp³-hybridized carbons (Fsp3) is 0.0833. The van der Waals surface area contributed by atoms with Crippen molar-refractivity contribution in [3.8, 4) is 0 Å². The molecule has 5 nitrogen and oxygen atoms in total. The van der Waals surface area contributed by atoms with Crippen LogP contribution < -0.4 is 10.5 Å². The molecule has 0 spiro atoms. The van der Waals surface area contributed by atoms with Gasteiger partial charge in [0.25, 0.3) is 0 Å². The van der Waals surface area contributed by atoms with Gasteiger partial charge in [-0.2, -0.15) is 0 Å². The SMILES string of the molecule is Nc1ncccc1S(=O)(=O)NCc1cc(F)ccc1F. The number of aromatic nitrogens is 1. The molecule has 0 atom stereocenters. The van der Waals surface area contributed by atoms with Crippen LogP contribution >= 0.6 is 0 Å². The van der Waals surface area contributed by atoms with Crippen molar-refractivity contribution in [1.82, 2.24) is 9.71 Å². The molecule has 0 amide bonds. The number of sulfonamides is 1. The van der Waals surface area contributed by atoms with Crippen LogP contribution in [0.5, 0.6) is 0 Å². The van der Waals surface area contributed by atoms with Gasteiger partial charge in [-0.15, -0.1) is 0 Å². The van der Waals surface area contributed by atoms with Gasteiger partial charge in [-0.05, 0) is 30.3 Å². The Balaban J connectivity index is 2.22. The molecule has 1 heterocycles. The van der Waals surface area contributed by atoms with E-state index in [1.54, 1.807) is 0 Å². The molecule has 1 aromatic heterocycles. The van der Waals surface area contributed by atoms with Crippen molar-refractivity contribution >= 4 is 15.8 Å². The van der Waals surface area contributed by atoms with Gasteiger partial charge in [-0.3, -0.25) is 0 Å². The number of anilines is 1. The first-order chi connectivity index (χ1) is 9.40. The largest absolute Gasteiger partial charge is 0.383 e. The van der Waals surface area contributed by atoms with Crippen LogP contribution in [0.15, 0.2) is 41.4 Å². The highest BCUT2D eigenvalue weighted by Gasteiger charge is 2.18. The zero-order chi connectivity index (χ0) is 14.8. The van der Waals surface area contributed by atoms with Gasteiger partial charge in [0.05, 0.1) is 0 Å². The van der Waals surface area contributed by atoms with E-state index in [1.165, 1.54) is 18.3 Å². The van der Waals surface area contributed by atoms with E-state index in [1.807, 2.05) is 0 Å². The van der Waals surface area contributed by atoms with Gasteiger partial charge >= 0.3 is 0 Å². The number of hydrogen-bond donors (Lipinski definition) is 2. The average Bonchev–Trinajstić information content (AvgIpc) is 2.40. The number of halogens is 2. The summed E-state index contributed by atoms with van der Waals surface area (Å²) in [6.45, 7) is -0.389. The zero-order valence-electron chi connectivity index (χ0n) is 10.2. The summed E-state index contributed by atoms with van der Waals surface area (Å²) in [5, 5.41) is 0. The molecule has 0 aliphatic rings. The lowest BCUT2D eigenvalue weighted by atomic mass is 10.2. The van der Waals surface area contributed by atoms with E-state index in [2.05, 4.69) is 9.71 Å². The van der Waals surface area contributed by atoms with Gasteiger partial charge in [-0.1, -0.05) is 0 Å². The number of benzene rings is 1. The van der Waals surface area contributed by atoms with Crippen LogP contribution in [0.1, 0.15) is 5.56 Å². The Labute approximate surface area is 114 Å². The van der Waals surface area contributed by atoms with Crippen molar-refractivity contribution in [1.29, 1.82) is 0 Å². The van der Waals surface area contributed by atoms with Crippen LogP contribution in [-0.2, 0) is 16.6 Å². The second-order valence-corrected chi connectivity index (χ2v) is 5.68. The monoisotopic (exact) mass is 299 g/mol.